The Labute approximate surface area is 132 Å². The lowest BCUT2D eigenvalue weighted by atomic mass is 10.1. The summed E-state index contributed by atoms with van der Waals surface area (Å²) in [5, 5.41) is 12.7. The smallest absolute Gasteiger partial charge is 0.143 e. The van der Waals surface area contributed by atoms with Crippen molar-refractivity contribution in [2.45, 2.75) is 6.04 Å². The maximum Gasteiger partial charge on any atom is 0.143 e. The molecule has 0 aliphatic carbocycles. The molecule has 0 amide bonds. The fourth-order valence-corrected chi connectivity index (χ4v) is 2.39. The lowest BCUT2D eigenvalue weighted by Crippen LogP contribution is -2.10. The fraction of sp³-hybridized carbons (Fsp3) is 0.188. The first kappa shape index (κ1) is 15.2. The first-order valence-corrected chi connectivity index (χ1v) is 7.11. The normalized spacial score (nSPS) is 11.3. The molecule has 21 heavy (non-hydrogen) atoms. The average molecular weight is 347 g/mol. The molecule has 0 saturated heterocycles. The lowest BCUT2D eigenvalue weighted by molar-refractivity contribution is 0.398. The minimum atomic E-state index is -0.538. The van der Waals surface area contributed by atoms with Gasteiger partial charge in [-0.3, -0.25) is 0 Å². The van der Waals surface area contributed by atoms with E-state index in [-0.39, 0.29) is 0 Å². The van der Waals surface area contributed by atoms with Crippen LogP contribution in [0.5, 0.6) is 11.5 Å². The van der Waals surface area contributed by atoms with Gasteiger partial charge in [0.2, 0.25) is 0 Å². The summed E-state index contributed by atoms with van der Waals surface area (Å²) in [4.78, 5) is 0. The van der Waals surface area contributed by atoms with E-state index >= 15 is 0 Å². The summed E-state index contributed by atoms with van der Waals surface area (Å²) in [6.45, 7) is 0. The summed E-state index contributed by atoms with van der Waals surface area (Å²) in [6.07, 6.45) is 0. The van der Waals surface area contributed by atoms with Crippen LogP contribution in [0.15, 0.2) is 46.9 Å². The van der Waals surface area contributed by atoms with Crippen LogP contribution in [0.2, 0.25) is 0 Å². The van der Waals surface area contributed by atoms with Crippen molar-refractivity contribution >= 4 is 21.6 Å². The molecule has 1 N–H and O–H groups in total. The predicted molar refractivity (Wildman–Crippen MR) is 85.7 cm³/mol. The Hall–Kier alpha value is -2.19. The summed E-state index contributed by atoms with van der Waals surface area (Å²) < 4.78 is 11.5. The van der Waals surface area contributed by atoms with Crippen LogP contribution in [0, 0.1) is 11.3 Å². The Morgan fingerprint density at radius 3 is 2.57 bits per heavy atom. The van der Waals surface area contributed by atoms with Crippen LogP contribution < -0.4 is 14.8 Å². The monoisotopic (exact) mass is 346 g/mol. The van der Waals surface area contributed by atoms with Crippen molar-refractivity contribution in [3.05, 3.63) is 52.5 Å². The fourth-order valence-electron chi connectivity index (χ4n) is 1.99. The van der Waals surface area contributed by atoms with Crippen LogP contribution in [0.3, 0.4) is 0 Å². The molecule has 2 rings (SSSR count). The van der Waals surface area contributed by atoms with Gasteiger partial charge in [0.1, 0.15) is 17.5 Å². The van der Waals surface area contributed by atoms with Gasteiger partial charge in [0.05, 0.1) is 20.3 Å². The number of halogens is 1. The summed E-state index contributed by atoms with van der Waals surface area (Å²) in [6, 6.07) is 14.8. The summed E-state index contributed by atoms with van der Waals surface area (Å²) in [5.74, 6) is 1.33. The number of nitrogens with one attached hydrogen (secondary N) is 1. The average Bonchev–Trinajstić information content (AvgIpc) is 2.52. The number of methoxy groups -OCH3 is 2. The molecule has 2 aromatic carbocycles. The number of nitriles is 1. The van der Waals surface area contributed by atoms with Crippen molar-refractivity contribution in [2.75, 3.05) is 19.5 Å². The molecular weight excluding hydrogens is 332 g/mol. The number of hydrogen-bond acceptors (Lipinski definition) is 4. The predicted octanol–water partition coefficient (Wildman–Crippen LogP) is 4.14. The van der Waals surface area contributed by atoms with Crippen molar-refractivity contribution in [3.8, 4) is 17.6 Å². The van der Waals surface area contributed by atoms with E-state index in [0.717, 1.165) is 15.7 Å². The molecule has 5 heteroatoms. The van der Waals surface area contributed by atoms with Crippen molar-refractivity contribution in [1.29, 1.82) is 5.26 Å². The summed E-state index contributed by atoms with van der Waals surface area (Å²) in [5.41, 5.74) is 1.58. The summed E-state index contributed by atoms with van der Waals surface area (Å²) >= 11 is 3.41. The van der Waals surface area contributed by atoms with E-state index in [1.807, 2.05) is 24.3 Å². The Bertz CT molecular complexity index is 668. The Morgan fingerprint density at radius 1 is 1.14 bits per heavy atom. The van der Waals surface area contributed by atoms with Gasteiger partial charge in [-0.15, -0.1) is 0 Å². The molecule has 108 valence electrons. The van der Waals surface area contributed by atoms with Gasteiger partial charge in [-0.05, 0) is 36.4 Å². The van der Waals surface area contributed by atoms with Gasteiger partial charge in [-0.1, -0.05) is 22.0 Å². The van der Waals surface area contributed by atoms with Crippen LogP contribution >= 0.6 is 15.9 Å². The lowest BCUT2D eigenvalue weighted by Gasteiger charge is -2.17. The van der Waals surface area contributed by atoms with Gasteiger partial charge in [0.25, 0.3) is 0 Å². The highest BCUT2D eigenvalue weighted by Crippen LogP contribution is 2.31. The second-order valence-corrected chi connectivity index (χ2v) is 5.24. The SMILES string of the molecule is COc1ccc(OC)c(C(C#N)Nc2cccc(Br)c2)c1. The topological polar surface area (TPSA) is 54.3 Å². The van der Waals surface area contributed by atoms with Gasteiger partial charge < -0.3 is 14.8 Å². The minimum absolute atomic E-state index is 0.538. The third-order valence-electron chi connectivity index (χ3n) is 3.01. The molecule has 1 atom stereocenters. The second-order valence-electron chi connectivity index (χ2n) is 4.32. The molecule has 1 unspecified atom stereocenters. The van der Waals surface area contributed by atoms with Crippen molar-refractivity contribution in [1.82, 2.24) is 0 Å². The van der Waals surface area contributed by atoms with E-state index in [4.69, 9.17) is 9.47 Å². The van der Waals surface area contributed by atoms with Gasteiger partial charge in [0, 0.05) is 15.7 Å². The third-order valence-corrected chi connectivity index (χ3v) is 3.51. The van der Waals surface area contributed by atoms with Crippen molar-refractivity contribution < 1.29 is 9.47 Å². The highest BCUT2D eigenvalue weighted by molar-refractivity contribution is 9.10. The molecule has 0 saturated carbocycles. The molecule has 0 aliphatic rings. The van der Waals surface area contributed by atoms with Crippen LogP contribution in [-0.2, 0) is 0 Å². The van der Waals surface area contributed by atoms with Crippen LogP contribution in [0.1, 0.15) is 11.6 Å². The molecule has 0 bridgehead atoms. The van der Waals surface area contributed by atoms with E-state index < -0.39 is 6.04 Å². The zero-order valence-electron chi connectivity index (χ0n) is 11.8. The first-order chi connectivity index (χ1) is 10.2. The van der Waals surface area contributed by atoms with Crippen molar-refractivity contribution in [2.24, 2.45) is 0 Å². The number of benzene rings is 2. The van der Waals surface area contributed by atoms with Gasteiger partial charge in [0.15, 0.2) is 0 Å². The van der Waals surface area contributed by atoms with Crippen LogP contribution in [0.25, 0.3) is 0 Å². The molecule has 0 aromatic heterocycles. The standard InChI is InChI=1S/C16H15BrN2O2/c1-20-13-6-7-16(21-2)14(9-13)15(10-18)19-12-5-3-4-11(17)8-12/h3-9,15,19H,1-2H3. The minimum Gasteiger partial charge on any atom is -0.497 e. The number of hydrogen-bond donors (Lipinski definition) is 1. The Morgan fingerprint density at radius 2 is 1.95 bits per heavy atom. The van der Waals surface area contributed by atoms with E-state index in [2.05, 4.69) is 27.3 Å². The van der Waals surface area contributed by atoms with E-state index in [1.54, 1.807) is 32.4 Å². The van der Waals surface area contributed by atoms with Crippen LogP contribution in [0.4, 0.5) is 5.69 Å². The van der Waals surface area contributed by atoms with Crippen molar-refractivity contribution in [3.63, 3.8) is 0 Å². The van der Waals surface area contributed by atoms with Crippen LogP contribution in [-0.4, -0.2) is 14.2 Å². The summed E-state index contributed by atoms with van der Waals surface area (Å²) in [7, 11) is 3.17. The second kappa shape index (κ2) is 7.00. The molecule has 0 aliphatic heterocycles. The Balaban J connectivity index is 2.35. The zero-order valence-corrected chi connectivity index (χ0v) is 13.3. The molecule has 0 fully saturated rings. The number of rotatable bonds is 5. The van der Waals surface area contributed by atoms with E-state index in [0.29, 0.717) is 11.5 Å². The number of ether oxygens (including phenoxy) is 2. The number of nitrogens with zero attached hydrogens (tertiary/aromatic N) is 1. The molecule has 2 aromatic rings. The molecule has 0 radical (unpaired) electrons. The Kier molecular flexibility index (Phi) is 5.07. The largest absolute Gasteiger partial charge is 0.497 e. The highest BCUT2D eigenvalue weighted by atomic mass is 79.9. The molecule has 0 heterocycles. The van der Waals surface area contributed by atoms with Gasteiger partial charge in [-0.2, -0.15) is 5.26 Å². The highest BCUT2D eigenvalue weighted by Gasteiger charge is 2.16. The van der Waals surface area contributed by atoms with Gasteiger partial charge >= 0.3 is 0 Å². The molecule has 0 spiro atoms. The van der Waals surface area contributed by atoms with Gasteiger partial charge in [-0.25, -0.2) is 0 Å². The third kappa shape index (κ3) is 3.67. The zero-order chi connectivity index (χ0) is 15.2. The number of anilines is 1. The maximum atomic E-state index is 9.47. The molecule has 4 nitrogen and oxygen atoms in total. The first-order valence-electron chi connectivity index (χ1n) is 6.31. The quantitative estimate of drug-likeness (QED) is 0.883. The van der Waals surface area contributed by atoms with E-state index in [9.17, 15) is 5.26 Å². The van der Waals surface area contributed by atoms with E-state index in [1.165, 1.54) is 0 Å². The molecular formula is C16H15BrN2O2. The maximum absolute atomic E-state index is 9.47.